The van der Waals surface area contributed by atoms with Crippen molar-refractivity contribution in [2.75, 3.05) is 19.6 Å². The van der Waals surface area contributed by atoms with Gasteiger partial charge >= 0.3 is 0 Å². The third-order valence-corrected chi connectivity index (χ3v) is 3.84. The van der Waals surface area contributed by atoms with E-state index in [-0.39, 0.29) is 0 Å². The maximum absolute atomic E-state index is 8.62. The van der Waals surface area contributed by atoms with E-state index in [9.17, 15) is 0 Å². The third kappa shape index (κ3) is 3.26. The van der Waals surface area contributed by atoms with Crippen molar-refractivity contribution in [1.82, 2.24) is 20.0 Å². The lowest BCUT2D eigenvalue weighted by molar-refractivity contribution is 0.197. The highest BCUT2D eigenvalue weighted by atomic mass is 16.5. The predicted octanol–water partition coefficient (Wildman–Crippen LogP) is 2.22. The molecular formula is C15H17N5O. The second-order valence-electron chi connectivity index (χ2n) is 5.22. The molecule has 2 aromatic rings. The number of pyridine rings is 1. The van der Waals surface area contributed by atoms with Crippen LogP contribution in [-0.2, 0) is 0 Å². The van der Waals surface area contributed by atoms with Gasteiger partial charge in [-0.3, -0.25) is 4.98 Å². The van der Waals surface area contributed by atoms with Crippen LogP contribution in [0.25, 0.3) is 11.4 Å². The van der Waals surface area contributed by atoms with E-state index >= 15 is 0 Å². The average molecular weight is 283 g/mol. The highest BCUT2D eigenvalue weighted by molar-refractivity contribution is 5.51. The number of hydrogen-bond donors (Lipinski definition) is 0. The zero-order chi connectivity index (χ0) is 14.5. The highest BCUT2D eigenvalue weighted by Gasteiger charge is 2.25. The molecule has 6 heteroatoms. The molecule has 0 aromatic carbocycles. The molecule has 3 heterocycles. The average Bonchev–Trinajstić information content (AvgIpc) is 3.04. The van der Waals surface area contributed by atoms with Crippen LogP contribution in [0.1, 0.15) is 31.1 Å². The Kier molecular flexibility index (Phi) is 4.22. The number of rotatable bonds is 4. The van der Waals surface area contributed by atoms with E-state index in [1.807, 2.05) is 12.1 Å². The van der Waals surface area contributed by atoms with Crippen molar-refractivity contribution >= 4 is 0 Å². The molecule has 0 unspecified atom stereocenters. The van der Waals surface area contributed by atoms with Crippen LogP contribution in [0.5, 0.6) is 0 Å². The number of piperidine rings is 1. The van der Waals surface area contributed by atoms with Gasteiger partial charge in [0, 0.05) is 36.8 Å². The van der Waals surface area contributed by atoms with Crippen molar-refractivity contribution in [3.05, 3.63) is 30.4 Å². The predicted molar refractivity (Wildman–Crippen MR) is 76.2 cm³/mol. The number of aromatic nitrogens is 3. The smallest absolute Gasteiger partial charge is 0.230 e. The molecule has 1 aliphatic rings. The summed E-state index contributed by atoms with van der Waals surface area (Å²) in [7, 11) is 0. The standard InChI is InChI=1S/C15H17N5O/c16-6-2-8-20-9-4-12(5-10-20)15-18-14(19-21-15)13-3-1-7-17-11-13/h1,3,7,11-12H,2,4-5,8-10H2. The largest absolute Gasteiger partial charge is 0.339 e. The first-order chi connectivity index (χ1) is 10.4. The van der Waals surface area contributed by atoms with Crippen LogP contribution in [0, 0.1) is 11.3 Å². The van der Waals surface area contributed by atoms with E-state index in [1.165, 1.54) is 0 Å². The van der Waals surface area contributed by atoms with Gasteiger partial charge in [0.1, 0.15) is 0 Å². The number of hydrogen-bond acceptors (Lipinski definition) is 6. The summed E-state index contributed by atoms with van der Waals surface area (Å²) in [6, 6.07) is 5.97. The third-order valence-electron chi connectivity index (χ3n) is 3.84. The second-order valence-corrected chi connectivity index (χ2v) is 5.22. The van der Waals surface area contributed by atoms with E-state index < -0.39 is 0 Å². The fourth-order valence-corrected chi connectivity index (χ4v) is 2.62. The Morgan fingerprint density at radius 2 is 2.24 bits per heavy atom. The maximum atomic E-state index is 8.62. The number of nitriles is 1. The summed E-state index contributed by atoms with van der Waals surface area (Å²) in [5.41, 5.74) is 0.874. The van der Waals surface area contributed by atoms with Crippen LogP contribution in [0.2, 0.25) is 0 Å². The molecule has 1 fully saturated rings. The van der Waals surface area contributed by atoms with Gasteiger partial charge in [0.15, 0.2) is 0 Å². The van der Waals surface area contributed by atoms with Crippen molar-refractivity contribution in [1.29, 1.82) is 5.26 Å². The van der Waals surface area contributed by atoms with E-state index in [1.54, 1.807) is 12.4 Å². The van der Waals surface area contributed by atoms with Gasteiger partial charge in [0.25, 0.3) is 0 Å². The van der Waals surface area contributed by atoms with Crippen LogP contribution >= 0.6 is 0 Å². The van der Waals surface area contributed by atoms with Crippen LogP contribution in [0.15, 0.2) is 29.0 Å². The van der Waals surface area contributed by atoms with Gasteiger partial charge < -0.3 is 9.42 Å². The molecule has 0 saturated carbocycles. The van der Waals surface area contributed by atoms with Gasteiger partial charge in [-0.15, -0.1) is 0 Å². The molecule has 0 bridgehead atoms. The Labute approximate surface area is 123 Å². The Morgan fingerprint density at radius 1 is 1.38 bits per heavy atom. The fraction of sp³-hybridized carbons (Fsp3) is 0.467. The van der Waals surface area contributed by atoms with Crippen molar-refractivity contribution in [3.63, 3.8) is 0 Å². The lowest BCUT2D eigenvalue weighted by atomic mass is 9.96. The zero-order valence-electron chi connectivity index (χ0n) is 11.8. The molecule has 0 atom stereocenters. The van der Waals surface area contributed by atoms with Crippen LogP contribution in [0.4, 0.5) is 0 Å². The Bertz CT molecular complexity index is 610. The number of likely N-dealkylation sites (tertiary alicyclic amines) is 1. The van der Waals surface area contributed by atoms with Crippen molar-refractivity contribution in [2.45, 2.75) is 25.2 Å². The summed E-state index contributed by atoms with van der Waals surface area (Å²) >= 11 is 0. The van der Waals surface area contributed by atoms with Crippen molar-refractivity contribution < 1.29 is 4.52 Å². The minimum Gasteiger partial charge on any atom is -0.339 e. The summed E-state index contributed by atoms with van der Waals surface area (Å²) in [6.07, 6.45) is 6.05. The minimum atomic E-state index is 0.321. The molecule has 0 radical (unpaired) electrons. The summed E-state index contributed by atoms with van der Waals surface area (Å²) in [5.74, 6) is 1.64. The normalized spacial score (nSPS) is 16.7. The van der Waals surface area contributed by atoms with E-state index in [2.05, 4.69) is 26.1 Å². The Morgan fingerprint density at radius 3 is 2.95 bits per heavy atom. The first-order valence-corrected chi connectivity index (χ1v) is 7.20. The fourth-order valence-electron chi connectivity index (χ4n) is 2.62. The van der Waals surface area contributed by atoms with Crippen molar-refractivity contribution in [3.8, 4) is 17.5 Å². The lowest BCUT2D eigenvalue weighted by Gasteiger charge is -2.29. The summed E-state index contributed by atoms with van der Waals surface area (Å²) in [4.78, 5) is 10.9. The first kappa shape index (κ1) is 13.7. The van der Waals surface area contributed by atoms with Gasteiger partial charge in [-0.05, 0) is 38.1 Å². The van der Waals surface area contributed by atoms with Crippen LogP contribution in [-0.4, -0.2) is 39.7 Å². The Hall–Kier alpha value is -2.26. The first-order valence-electron chi connectivity index (χ1n) is 7.20. The number of nitrogens with zero attached hydrogens (tertiary/aromatic N) is 5. The molecule has 1 aliphatic heterocycles. The topological polar surface area (TPSA) is 78.8 Å². The SMILES string of the molecule is N#CCCN1CCC(c2nc(-c3cccnc3)no2)CC1. The van der Waals surface area contributed by atoms with E-state index in [4.69, 9.17) is 9.78 Å². The van der Waals surface area contributed by atoms with E-state index in [0.717, 1.165) is 38.0 Å². The van der Waals surface area contributed by atoms with Crippen molar-refractivity contribution in [2.24, 2.45) is 0 Å². The van der Waals surface area contributed by atoms with Gasteiger partial charge in [-0.1, -0.05) is 5.16 Å². The second kappa shape index (κ2) is 6.46. The highest BCUT2D eigenvalue weighted by Crippen LogP contribution is 2.28. The molecule has 6 nitrogen and oxygen atoms in total. The molecular weight excluding hydrogens is 266 g/mol. The summed E-state index contributed by atoms with van der Waals surface area (Å²) in [5, 5.41) is 12.7. The van der Waals surface area contributed by atoms with Gasteiger partial charge in [0.2, 0.25) is 11.7 Å². The molecule has 21 heavy (non-hydrogen) atoms. The molecule has 108 valence electrons. The summed E-state index contributed by atoms with van der Waals surface area (Å²) in [6.45, 7) is 2.82. The van der Waals surface area contributed by atoms with Gasteiger partial charge in [-0.25, -0.2) is 0 Å². The van der Waals surface area contributed by atoms with E-state index in [0.29, 0.717) is 24.1 Å². The molecule has 0 N–H and O–H groups in total. The maximum Gasteiger partial charge on any atom is 0.230 e. The minimum absolute atomic E-state index is 0.321. The van der Waals surface area contributed by atoms with Crippen LogP contribution < -0.4 is 0 Å². The quantitative estimate of drug-likeness (QED) is 0.856. The Balaban J connectivity index is 1.62. The molecule has 0 aliphatic carbocycles. The molecule has 1 saturated heterocycles. The zero-order valence-corrected chi connectivity index (χ0v) is 11.8. The summed E-state index contributed by atoms with van der Waals surface area (Å²) < 4.78 is 5.42. The molecule has 3 rings (SSSR count). The van der Waals surface area contributed by atoms with Gasteiger partial charge in [0.05, 0.1) is 6.07 Å². The van der Waals surface area contributed by atoms with Gasteiger partial charge in [-0.2, -0.15) is 10.2 Å². The molecule has 2 aromatic heterocycles. The monoisotopic (exact) mass is 283 g/mol. The van der Waals surface area contributed by atoms with Crippen LogP contribution in [0.3, 0.4) is 0 Å². The molecule has 0 spiro atoms. The molecule has 0 amide bonds. The lowest BCUT2D eigenvalue weighted by Crippen LogP contribution is -2.33.